The van der Waals surface area contributed by atoms with Gasteiger partial charge in [-0.25, -0.2) is 8.42 Å². The highest BCUT2D eigenvalue weighted by atomic mass is 32.2. The minimum absolute atomic E-state index is 0.0945. The van der Waals surface area contributed by atoms with E-state index in [-0.39, 0.29) is 11.9 Å². The maximum Gasteiger partial charge on any atom is 0.191 e. The third kappa shape index (κ3) is 8.28. The normalized spacial score (nSPS) is 17.8. The molecule has 0 aliphatic carbocycles. The number of hydrogen-bond acceptors (Lipinski definition) is 5. The molecular weight excluding hydrogens is 366 g/mol. The molecule has 0 spiro atoms. The molecule has 1 aromatic rings. The Hall–Kier alpha value is -1.64. The van der Waals surface area contributed by atoms with E-state index in [2.05, 4.69) is 15.6 Å². The van der Waals surface area contributed by atoms with Crippen molar-refractivity contribution in [1.82, 2.24) is 10.6 Å². The first-order chi connectivity index (χ1) is 13.1. The Morgan fingerprint density at radius 1 is 1.26 bits per heavy atom. The van der Waals surface area contributed by atoms with Crippen LogP contribution in [0.1, 0.15) is 26.2 Å². The molecule has 0 radical (unpaired) electrons. The van der Waals surface area contributed by atoms with Crippen molar-refractivity contribution >= 4 is 15.8 Å². The summed E-state index contributed by atoms with van der Waals surface area (Å²) in [6.45, 7) is 6.14. The minimum Gasteiger partial charge on any atom is -0.379 e. The van der Waals surface area contributed by atoms with Gasteiger partial charge in [0, 0.05) is 32.8 Å². The van der Waals surface area contributed by atoms with Crippen molar-refractivity contribution in [1.29, 1.82) is 0 Å². The number of benzene rings is 1. The molecule has 1 aliphatic rings. The summed E-state index contributed by atoms with van der Waals surface area (Å²) in [5.74, 6) is 0.802. The summed E-state index contributed by atoms with van der Waals surface area (Å²) in [4.78, 5) is 4.82. The van der Waals surface area contributed by atoms with E-state index in [1.807, 2.05) is 13.0 Å². The highest BCUT2D eigenvalue weighted by molar-refractivity contribution is 7.91. The molecule has 1 aromatic carbocycles. The highest BCUT2D eigenvalue weighted by Crippen LogP contribution is 2.11. The monoisotopic (exact) mass is 397 g/mol. The van der Waals surface area contributed by atoms with Gasteiger partial charge in [0.25, 0.3) is 0 Å². The fourth-order valence-corrected chi connectivity index (χ4v) is 4.02. The summed E-state index contributed by atoms with van der Waals surface area (Å²) in [6.07, 6.45) is 2.57. The van der Waals surface area contributed by atoms with E-state index in [9.17, 15) is 8.42 Å². The zero-order chi connectivity index (χ0) is 19.4. The third-order valence-corrected chi connectivity index (χ3v) is 5.96. The quantitative estimate of drug-likeness (QED) is 0.335. The van der Waals surface area contributed by atoms with Gasteiger partial charge >= 0.3 is 0 Å². The van der Waals surface area contributed by atoms with Gasteiger partial charge in [-0.05, 0) is 38.3 Å². The lowest BCUT2D eigenvalue weighted by Gasteiger charge is -2.13. The van der Waals surface area contributed by atoms with Crippen LogP contribution >= 0.6 is 0 Å². The molecule has 7 nitrogen and oxygen atoms in total. The molecule has 1 heterocycles. The van der Waals surface area contributed by atoms with E-state index in [1.54, 1.807) is 24.3 Å². The van der Waals surface area contributed by atoms with E-state index in [1.165, 1.54) is 0 Å². The maximum absolute atomic E-state index is 12.3. The zero-order valence-corrected chi connectivity index (χ0v) is 16.8. The molecule has 1 fully saturated rings. The van der Waals surface area contributed by atoms with Crippen LogP contribution in [0.25, 0.3) is 0 Å². The van der Waals surface area contributed by atoms with Gasteiger partial charge in [-0.1, -0.05) is 18.2 Å². The molecule has 152 valence electrons. The molecule has 1 unspecified atom stereocenters. The van der Waals surface area contributed by atoms with Crippen molar-refractivity contribution in [3.8, 4) is 0 Å². The van der Waals surface area contributed by atoms with E-state index < -0.39 is 9.84 Å². The molecule has 27 heavy (non-hydrogen) atoms. The van der Waals surface area contributed by atoms with Crippen molar-refractivity contribution < 1.29 is 17.9 Å². The van der Waals surface area contributed by atoms with E-state index in [0.717, 1.165) is 32.5 Å². The molecule has 0 bridgehead atoms. The van der Waals surface area contributed by atoms with Crippen molar-refractivity contribution in [2.75, 3.05) is 45.2 Å². The van der Waals surface area contributed by atoms with Crippen LogP contribution < -0.4 is 10.6 Å². The number of sulfone groups is 1. The summed E-state index contributed by atoms with van der Waals surface area (Å²) in [6, 6.07) is 8.54. The van der Waals surface area contributed by atoms with E-state index in [0.29, 0.717) is 37.0 Å². The Kier molecular flexibility index (Phi) is 9.58. The summed E-state index contributed by atoms with van der Waals surface area (Å²) in [5.41, 5.74) is 0. The van der Waals surface area contributed by atoms with Gasteiger partial charge in [0.15, 0.2) is 15.8 Å². The lowest BCUT2D eigenvalue weighted by Crippen LogP contribution is -2.38. The predicted molar refractivity (Wildman–Crippen MR) is 107 cm³/mol. The molecule has 0 saturated carbocycles. The second-order valence-corrected chi connectivity index (χ2v) is 8.49. The molecular formula is C19H31N3O4S. The van der Waals surface area contributed by atoms with Gasteiger partial charge in [-0.3, -0.25) is 4.99 Å². The van der Waals surface area contributed by atoms with Crippen molar-refractivity contribution in [2.24, 2.45) is 4.99 Å². The highest BCUT2D eigenvalue weighted by Gasteiger charge is 2.15. The number of rotatable bonds is 11. The summed E-state index contributed by atoms with van der Waals surface area (Å²) in [5, 5.41) is 6.43. The van der Waals surface area contributed by atoms with Crippen LogP contribution in [0.2, 0.25) is 0 Å². The molecule has 2 N–H and O–H groups in total. The Morgan fingerprint density at radius 3 is 2.78 bits per heavy atom. The van der Waals surface area contributed by atoms with Gasteiger partial charge in [-0.2, -0.15) is 0 Å². The van der Waals surface area contributed by atoms with Crippen LogP contribution in [0.3, 0.4) is 0 Å². The van der Waals surface area contributed by atoms with Crippen LogP contribution in [-0.4, -0.2) is 65.7 Å². The Balaban J connectivity index is 1.66. The van der Waals surface area contributed by atoms with Crippen molar-refractivity contribution in [2.45, 2.75) is 37.2 Å². The first-order valence-corrected chi connectivity index (χ1v) is 11.3. The number of guanidine groups is 1. The molecule has 0 amide bonds. The largest absolute Gasteiger partial charge is 0.379 e. The third-order valence-electron chi connectivity index (χ3n) is 4.14. The van der Waals surface area contributed by atoms with E-state index >= 15 is 0 Å². The topological polar surface area (TPSA) is 89.0 Å². The predicted octanol–water partition coefficient (Wildman–Crippen LogP) is 1.60. The Labute approximate surface area is 162 Å². The number of hydrogen-bond donors (Lipinski definition) is 2. The fourth-order valence-electron chi connectivity index (χ4n) is 2.71. The molecule has 1 atom stereocenters. The second kappa shape index (κ2) is 11.9. The summed E-state index contributed by atoms with van der Waals surface area (Å²) < 4.78 is 35.5. The van der Waals surface area contributed by atoms with Crippen molar-refractivity contribution in [3.63, 3.8) is 0 Å². The number of aliphatic imine (C=N–C) groups is 1. The van der Waals surface area contributed by atoms with Crippen LogP contribution in [-0.2, 0) is 19.3 Å². The van der Waals surface area contributed by atoms with Gasteiger partial charge in [0.05, 0.1) is 23.4 Å². The minimum atomic E-state index is -3.24. The first-order valence-electron chi connectivity index (χ1n) is 9.61. The Morgan fingerprint density at radius 2 is 2.07 bits per heavy atom. The van der Waals surface area contributed by atoms with Crippen LogP contribution in [0.5, 0.6) is 0 Å². The lowest BCUT2D eigenvalue weighted by molar-refractivity contribution is 0.0420. The molecule has 8 heteroatoms. The average molecular weight is 398 g/mol. The fraction of sp³-hybridized carbons (Fsp3) is 0.632. The van der Waals surface area contributed by atoms with Crippen LogP contribution in [0.4, 0.5) is 0 Å². The molecule has 1 aliphatic heterocycles. The van der Waals surface area contributed by atoms with Gasteiger partial charge in [0.2, 0.25) is 0 Å². The number of ether oxygens (including phenoxy) is 2. The molecule has 1 saturated heterocycles. The Bertz CT molecular complexity index is 659. The molecule has 2 rings (SSSR count). The van der Waals surface area contributed by atoms with Gasteiger partial charge < -0.3 is 20.1 Å². The average Bonchev–Trinajstić information content (AvgIpc) is 3.19. The SMILES string of the molecule is CCNC(=NCCCS(=O)(=O)c1ccccc1)NCCCOC1CCOC1. The summed E-state index contributed by atoms with van der Waals surface area (Å²) in [7, 11) is -3.24. The van der Waals surface area contributed by atoms with E-state index in [4.69, 9.17) is 9.47 Å². The van der Waals surface area contributed by atoms with Crippen LogP contribution in [0.15, 0.2) is 40.2 Å². The smallest absolute Gasteiger partial charge is 0.191 e. The van der Waals surface area contributed by atoms with Crippen molar-refractivity contribution in [3.05, 3.63) is 30.3 Å². The lowest BCUT2D eigenvalue weighted by atomic mass is 10.3. The summed E-state index contributed by atoms with van der Waals surface area (Å²) >= 11 is 0. The number of nitrogens with zero attached hydrogens (tertiary/aromatic N) is 1. The second-order valence-electron chi connectivity index (χ2n) is 6.38. The first kappa shape index (κ1) is 21.7. The van der Waals surface area contributed by atoms with Crippen LogP contribution in [0, 0.1) is 0 Å². The van der Waals surface area contributed by atoms with Gasteiger partial charge in [0.1, 0.15) is 0 Å². The standard InChI is InChI=1S/C19H31N3O4S/c1-2-20-19(21-11-6-13-26-17-10-14-25-16-17)22-12-7-15-27(23,24)18-8-4-3-5-9-18/h3-5,8-9,17H,2,6-7,10-16H2,1H3,(H2,20,21,22). The van der Waals surface area contributed by atoms with Gasteiger partial charge in [-0.15, -0.1) is 0 Å². The number of nitrogens with one attached hydrogen (secondary N) is 2. The molecule has 0 aromatic heterocycles. The zero-order valence-electron chi connectivity index (χ0n) is 16.0. The maximum atomic E-state index is 12.3.